The van der Waals surface area contributed by atoms with Gasteiger partial charge in [-0.05, 0) is 61.0 Å². The molecule has 0 saturated heterocycles. The van der Waals surface area contributed by atoms with Gasteiger partial charge in [-0.2, -0.15) is 0 Å². The highest BCUT2D eigenvalue weighted by Crippen LogP contribution is 2.17. The molecule has 0 unspecified atom stereocenters. The van der Waals surface area contributed by atoms with Gasteiger partial charge >= 0.3 is 0 Å². The first-order valence-corrected chi connectivity index (χ1v) is 9.83. The summed E-state index contributed by atoms with van der Waals surface area (Å²) in [6.07, 6.45) is 0. The minimum absolute atomic E-state index is 0.113. The molecule has 30 heavy (non-hydrogen) atoms. The van der Waals surface area contributed by atoms with Crippen LogP contribution >= 0.6 is 0 Å². The monoisotopic (exact) mass is 403 g/mol. The summed E-state index contributed by atoms with van der Waals surface area (Å²) in [6.45, 7) is 3.07. The third-order valence-electron chi connectivity index (χ3n) is 4.32. The largest absolute Gasteiger partial charge is 0.489 e. The van der Waals surface area contributed by atoms with Crippen LogP contribution in [0.15, 0.2) is 78.9 Å². The molecule has 3 aromatic rings. The molecule has 0 heterocycles. The zero-order chi connectivity index (χ0) is 21.2. The van der Waals surface area contributed by atoms with Crippen LogP contribution in [0.4, 0.5) is 11.4 Å². The topological polar surface area (TPSA) is 79.5 Å². The van der Waals surface area contributed by atoms with Crippen molar-refractivity contribution in [2.45, 2.75) is 13.5 Å². The maximum atomic E-state index is 12.2. The van der Waals surface area contributed by atoms with Crippen molar-refractivity contribution in [1.82, 2.24) is 5.32 Å². The maximum absolute atomic E-state index is 12.2. The van der Waals surface area contributed by atoms with E-state index in [1.165, 1.54) is 0 Å². The predicted octanol–water partition coefficient (Wildman–Crippen LogP) is 4.07. The van der Waals surface area contributed by atoms with Crippen molar-refractivity contribution in [2.24, 2.45) is 0 Å². The van der Waals surface area contributed by atoms with Crippen LogP contribution in [0.25, 0.3) is 0 Å². The lowest BCUT2D eigenvalue weighted by molar-refractivity contribution is -0.114. The Morgan fingerprint density at radius 1 is 0.833 bits per heavy atom. The van der Waals surface area contributed by atoms with E-state index in [0.29, 0.717) is 24.4 Å². The van der Waals surface area contributed by atoms with Gasteiger partial charge in [-0.15, -0.1) is 0 Å². The molecule has 0 radical (unpaired) electrons. The van der Waals surface area contributed by atoms with Gasteiger partial charge in [0, 0.05) is 23.5 Å². The summed E-state index contributed by atoms with van der Waals surface area (Å²) < 4.78 is 5.75. The van der Waals surface area contributed by atoms with Crippen LogP contribution in [0, 0.1) is 0 Å². The highest BCUT2D eigenvalue weighted by Gasteiger charge is 2.06. The molecule has 0 bridgehead atoms. The molecule has 0 saturated carbocycles. The number of rotatable bonds is 9. The van der Waals surface area contributed by atoms with Gasteiger partial charge in [-0.25, -0.2) is 0 Å². The van der Waals surface area contributed by atoms with Crippen molar-refractivity contribution in [2.75, 3.05) is 23.7 Å². The summed E-state index contributed by atoms with van der Waals surface area (Å²) >= 11 is 0. The van der Waals surface area contributed by atoms with Gasteiger partial charge < -0.3 is 20.7 Å². The third kappa shape index (κ3) is 6.38. The lowest BCUT2D eigenvalue weighted by Crippen LogP contribution is -2.23. The minimum Gasteiger partial charge on any atom is -0.489 e. The van der Waals surface area contributed by atoms with Crippen LogP contribution < -0.4 is 20.7 Å². The number of benzene rings is 3. The third-order valence-corrected chi connectivity index (χ3v) is 4.32. The predicted molar refractivity (Wildman–Crippen MR) is 119 cm³/mol. The molecule has 3 aromatic carbocycles. The second kappa shape index (κ2) is 10.7. The van der Waals surface area contributed by atoms with E-state index in [1.54, 1.807) is 36.4 Å². The lowest BCUT2D eigenvalue weighted by atomic mass is 10.2. The SMILES string of the molecule is CCNC(=O)c1ccc(NCC(=O)Nc2ccc(OCc3ccccc3)cc2)cc1. The first kappa shape index (κ1) is 20.9. The molecule has 6 heteroatoms. The van der Waals surface area contributed by atoms with Crippen LogP contribution in [0.1, 0.15) is 22.8 Å². The van der Waals surface area contributed by atoms with Crippen LogP contribution in [-0.2, 0) is 11.4 Å². The Morgan fingerprint density at radius 2 is 1.50 bits per heavy atom. The highest BCUT2D eigenvalue weighted by molar-refractivity contribution is 5.95. The van der Waals surface area contributed by atoms with E-state index in [-0.39, 0.29) is 18.4 Å². The molecule has 3 rings (SSSR count). The summed E-state index contributed by atoms with van der Waals surface area (Å²) in [7, 11) is 0. The van der Waals surface area contributed by atoms with Crippen molar-refractivity contribution in [3.63, 3.8) is 0 Å². The quantitative estimate of drug-likeness (QED) is 0.503. The van der Waals surface area contributed by atoms with Crippen molar-refractivity contribution >= 4 is 23.2 Å². The van der Waals surface area contributed by atoms with Crippen molar-refractivity contribution in [3.05, 3.63) is 90.0 Å². The van der Waals surface area contributed by atoms with Gasteiger partial charge in [0.25, 0.3) is 5.91 Å². The van der Waals surface area contributed by atoms with E-state index >= 15 is 0 Å². The number of hydrogen-bond acceptors (Lipinski definition) is 4. The van der Waals surface area contributed by atoms with E-state index < -0.39 is 0 Å². The Hall–Kier alpha value is -3.80. The number of hydrogen-bond donors (Lipinski definition) is 3. The minimum atomic E-state index is -0.166. The maximum Gasteiger partial charge on any atom is 0.251 e. The van der Waals surface area contributed by atoms with Gasteiger partial charge in [0.05, 0.1) is 6.54 Å². The molecule has 0 spiro atoms. The van der Waals surface area contributed by atoms with Crippen molar-refractivity contribution < 1.29 is 14.3 Å². The summed E-state index contributed by atoms with van der Waals surface area (Å²) in [4.78, 5) is 23.9. The molecule has 154 valence electrons. The van der Waals surface area contributed by atoms with Crippen molar-refractivity contribution in [3.8, 4) is 5.75 Å². The number of amides is 2. The van der Waals surface area contributed by atoms with E-state index in [2.05, 4.69) is 16.0 Å². The molecular weight excluding hydrogens is 378 g/mol. The molecule has 6 nitrogen and oxygen atoms in total. The van der Waals surface area contributed by atoms with Gasteiger partial charge in [0.15, 0.2) is 0 Å². The zero-order valence-corrected chi connectivity index (χ0v) is 16.9. The first-order valence-electron chi connectivity index (χ1n) is 9.83. The Balaban J connectivity index is 1.44. The molecule has 0 atom stereocenters. The molecular formula is C24H25N3O3. The smallest absolute Gasteiger partial charge is 0.251 e. The first-order chi connectivity index (χ1) is 14.6. The van der Waals surface area contributed by atoms with E-state index in [9.17, 15) is 9.59 Å². The van der Waals surface area contributed by atoms with Gasteiger partial charge in [0.2, 0.25) is 5.91 Å². The average Bonchev–Trinajstić information content (AvgIpc) is 2.78. The van der Waals surface area contributed by atoms with Gasteiger partial charge in [-0.3, -0.25) is 9.59 Å². The Labute approximate surface area is 176 Å². The summed E-state index contributed by atoms with van der Waals surface area (Å²) in [5.41, 5.74) is 3.14. The molecule has 0 aliphatic heterocycles. The van der Waals surface area contributed by atoms with Gasteiger partial charge in [-0.1, -0.05) is 30.3 Å². The fourth-order valence-electron chi connectivity index (χ4n) is 2.76. The summed E-state index contributed by atoms with van der Waals surface area (Å²) in [6, 6.07) is 24.2. The summed E-state index contributed by atoms with van der Waals surface area (Å²) in [5.74, 6) is 0.459. The molecule has 0 aromatic heterocycles. The Kier molecular flexibility index (Phi) is 7.44. The van der Waals surface area contributed by atoms with Crippen molar-refractivity contribution in [1.29, 1.82) is 0 Å². The second-order valence-corrected chi connectivity index (χ2v) is 6.64. The van der Waals surface area contributed by atoms with E-state index in [1.807, 2.05) is 49.4 Å². The van der Waals surface area contributed by atoms with Gasteiger partial charge in [0.1, 0.15) is 12.4 Å². The van der Waals surface area contributed by atoms with E-state index in [4.69, 9.17) is 4.74 Å². The number of anilines is 2. The molecule has 2 amide bonds. The number of ether oxygens (including phenoxy) is 1. The van der Waals surface area contributed by atoms with Crippen LogP contribution in [0.2, 0.25) is 0 Å². The highest BCUT2D eigenvalue weighted by atomic mass is 16.5. The molecule has 3 N–H and O–H groups in total. The Bertz CT molecular complexity index is 955. The molecule has 0 aliphatic rings. The fourth-order valence-corrected chi connectivity index (χ4v) is 2.76. The van der Waals surface area contributed by atoms with Crippen LogP contribution in [-0.4, -0.2) is 24.9 Å². The second-order valence-electron chi connectivity index (χ2n) is 6.64. The molecule has 0 aliphatic carbocycles. The number of carbonyl (C=O) groups excluding carboxylic acids is 2. The lowest BCUT2D eigenvalue weighted by Gasteiger charge is -2.10. The van der Waals surface area contributed by atoms with E-state index in [0.717, 1.165) is 17.0 Å². The average molecular weight is 403 g/mol. The standard InChI is InChI=1S/C24H25N3O3/c1-2-25-24(29)19-8-10-20(11-9-19)26-16-23(28)27-21-12-14-22(15-13-21)30-17-18-6-4-3-5-7-18/h3-15,26H,2,16-17H2,1H3,(H,25,29)(H,27,28). The fraction of sp³-hybridized carbons (Fsp3) is 0.167. The molecule has 0 fully saturated rings. The Morgan fingerprint density at radius 3 is 2.17 bits per heavy atom. The van der Waals surface area contributed by atoms with Crippen LogP contribution in [0.3, 0.4) is 0 Å². The number of carbonyl (C=O) groups is 2. The number of nitrogens with one attached hydrogen (secondary N) is 3. The van der Waals surface area contributed by atoms with Crippen LogP contribution in [0.5, 0.6) is 5.75 Å². The zero-order valence-electron chi connectivity index (χ0n) is 16.9. The summed E-state index contributed by atoms with van der Waals surface area (Å²) in [5, 5.41) is 8.63. The normalized spacial score (nSPS) is 10.2.